The third-order valence-corrected chi connectivity index (χ3v) is 4.46. The van der Waals surface area contributed by atoms with E-state index < -0.39 is 0 Å². The van der Waals surface area contributed by atoms with Crippen molar-refractivity contribution in [3.8, 4) is 0 Å². The van der Waals surface area contributed by atoms with E-state index in [9.17, 15) is 0 Å². The molecule has 3 heteroatoms. The molecule has 0 aromatic heterocycles. The van der Waals surface area contributed by atoms with Crippen LogP contribution in [0.2, 0.25) is 0 Å². The third-order valence-electron chi connectivity index (χ3n) is 4.46. The summed E-state index contributed by atoms with van der Waals surface area (Å²) in [5.41, 5.74) is 2.87. The minimum atomic E-state index is 0.759. The standard InChI is InChI=1S/C16H24N2O/c1-17-8-6-15(7-9-17)14-2-4-16(5-3-14)18-10-12-19-13-11-18/h2-5,15H,6-13H2,1H3. The maximum atomic E-state index is 5.40. The van der Waals surface area contributed by atoms with Gasteiger partial charge in [0, 0.05) is 18.8 Å². The lowest BCUT2D eigenvalue weighted by Crippen LogP contribution is -2.36. The van der Waals surface area contributed by atoms with Gasteiger partial charge in [-0.3, -0.25) is 0 Å². The second-order valence-electron chi connectivity index (χ2n) is 5.77. The lowest BCUT2D eigenvalue weighted by molar-refractivity contribution is 0.122. The number of piperidine rings is 1. The third kappa shape index (κ3) is 3.10. The average molecular weight is 260 g/mol. The highest BCUT2D eigenvalue weighted by Gasteiger charge is 2.18. The van der Waals surface area contributed by atoms with Crippen LogP contribution in [0.5, 0.6) is 0 Å². The number of anilines is 1. The molecule has 3 rings (SSSR count). The predicted molar refractivity (Wildman–Crippen MR) is 78.9 cm³/mol. The van der Waals surface area contributed by atoms with E-state index >= 15 is 0 Å². The molecule has 1 aromatic rings. The van der Waals surface area contributed by atoms with Gasteiger partial charge < -0.3 is 14.5 Å². The molecule has 0 unspecified atom stereocenters. The Kier molecular flexibility index (Phi) is 4.04. The van der Waals surface area contributed by atoms with E-state index in [1.54, 1.807) is 0 Å². The summed E-state index contributed by atoms with van der Waals surface area (Å²) >= 11 is 0. The number of hydrogen-bond acceptors (Lipinski definition) is 3. The first-order valence-corrected chi connectivity index (χ1v) is 7.44. The van der Waals surface area contributed by atoms with Crippen LogP contribution in [0.25, 0.3) is 0 Å². The predicted octanol–water partition coefficient (Wildman–Crippen LogP) is 2.33. The maximum Gasteiger partial charge on any atom is 0.0642 e. The molecule has 0 N–H and O–H groups in total. The summed E-state index contributed by atoms with van der Waals surface area (Å²) in [5, 5.41) is 0. The molecule has 3 nitrogen and oxygen atoms in total. The Hall–Kier alpha value is -1.06. The Morgan fingerprint density at radius 2 is 1.58 bits per heavy atom. The fourth-order valence-corrected chi connectivity index (χ4v) is 3.12. The number of ether oxygens (including phenoxy) is 1. The van der Waals surface area contributed by atoms with Gasteiger partial charge in [0.15, 0.2) is 0 Å². The van der Waals surface area contributed by atoms with Gasteiger partial charge in [-0.05, 0) is 56.6 Å². The first-order chi connectivity index (χ1) is 9.33. The van der Waals surface area contributed by atoms with Crippen LogP contribution < -0.4 is 4.90 Å². The number of likely N-dealkylation sites (tertiary alicyclic amines) is 1. The molecule has 0 atom stereocenters. The van der Waals surface area contributed by atoms with Crippen LogP contribution in [0.1, 0.15) is 24.3 Å². The van der Waals surface area contributed by atoms with E-state index in [4.69, 9.17) is 4.74 Å². The second-order valence-corrected chi connectivity index (χ2v) is 5.77. The first-order valence-electron chi connectivity index (χ1n) is 7.44. The van der Waals surface area contributed by atoms with Crippen molar-refractivity contribution in [2.75, 3.05) is 51.3 Å². The van der Waals surface area contributed by atoms with Gasteiger partial charge in [-0.1, -0.05) is 12.1 Å². The fraction of sp³-hybridized carbons (Fsp3) is 0.625. The number of benzene rings is 1. The monoisotopic (exact) mass is 260 g/mol. The van der Waals surface area contributed by atoms with E-state index in [-0.39, 0.29) is 0 Å². The zero-order valence-electron chi connectivity index (χ0n) is 11.8. The van der Waals surface area contributed by atoms with Gasteiger partial charge >= 0.3 is 0 Å². The van der Waals surface area contributed by atoms with Gasteiger partial charge in [0.1, 0.15) is 0 Å². The number of hydrogen-bond donors (Lipinski definition) is 0. The van der Waals surface area contributed by atoms with Gasteiger partial charge in [-0.15, -0.1) is 0 Å². The summed E-state index contributed by atoms with van der Waals surface area (Å²) in [4.78, 5) is 4.85. The van der Waals surface area contributed by atoms with E-state index in [1.165, 1.54) is 37.2 Å². The van der Waals surface area contributed by atoms with Crippen molar-refractivity contribution in [3.63, 3.8) is 0 Å². The summed E-state index contributed by atoms with van der Waals surface area (Å²) in [6, 6.07) is 9.25. The summed E-state index contributed by atoms with van der Waals surface area (Å²) < 4.78 is 5.40. The molecule has 19 heavy (non-hydrogen) atoms. The van der Waals surface area contributed by atoms with E-state index in [0.29, 0.717) is 0 Å². The molecule has 104 valence electrons. The molecule has 0 saturated carbocycles. The summed E-state index contributed by atoms with van der Waals surface area (Å²) in [7, 11) is 2.22. The van der Waals surface area contributed by atoms with Gasteiger partial charge in [-0.25, -0.2) is 0 Å². The summed E-state index contributed by atoms with van der Waals surface area (Å²) in [5.74, 6) is 0.759. The number of nitrogens with zero attached hydrogens (tertiary/aromatic N) is 2. The van der Waals surface area contributed by atoms with Gasteiger partial charge in [0.25, 0.3) is 0 Å². The minimum Gasteiger partial charge on any atom is -0.378 e. The van der Waals surface area contributed by atoms with Crippen LogP contribution >= 0.6 is 0 Å². The molecule has 1 aromatic carbocycles. The normalized spacial score (nSPS) is 22.7. The van der Waals surface area contributed by atoms with Gasteiger partial charge in [0.2, 0.25) is 0 Å². The van der Waals surface area contributed by atoms with E-state index in [2.05, 4.69) is 41.1 Å². The molecular weight excluding hydrogens is 236 g/mol. The molecule has 0 bridgehead atoms. The van der Waals surface area contributed by atoms with Crippen LogP contribution in [0.3, 0.4) is 0 Å². The second kappa shape index (κ2) is 5.93. The highest BCUT2D eigenvalue weighted by atomic mass is 16.5. The molecule has 0 radical (unpaired) electrons. The van der Waals surface area contributed by atoms with Crippen molar-refractivity contribution >= 4 is 5.69 Å². The Morgan fingerprint density at radius 1 is 0.947 bits per heavy atom. The molecule has 2 aliphatic heterocycles. The SMILES string of the molecule is CN1CCC(c2ccc(N3CCOCC3)cc2)CC1. The summed E-state index contributed by atoms with van der Waals surface area (Å²) in [6.45, 7) is 6.22. The Labute approximate surface area is 116 Å². The van der Waals surface area contributed by atoms with Crippen molar-refractivity contribution in [1.82, 2.24) is 4.90 Å². The Bertz CT molecular complexity index is 390. The van der Waals surface area contributed by atoms with E-state index in [0.717, 1.165) is 32.2 Å². The fourth-order valence-electron chi connectivity index (χ4n) is 3.12. The van der Waals surface area contributed by atoms with Crippen molar-refractivity contribution in [3.05, 3.63) is 29.8 Å². The molecule has 2 aliphatic rings. The van der Waals surface area contributed by atoms with Gasteiger partial charge in [0.05, 0.1) is 13.2 Å². The largest absolute Gasteiger partial charge is 0.378 e. The van der Waals surface area contributed by atoms with Crippen LogP contribution in [0.15, 0.2) is 24.3 Å². The highest BCUT2D eigenvalue weighted by Crippen LogP contribution is 2.29. The first kappa shape index (κ1) is 12.9. The number of morpholine rings is 1. The van der Waals surface area contributed by atoms with Crippen LogP contribution in [0.4, 0.5) is 5.69 Å². The molecule has 0 amide bonds. The molecule has 2 heterocycles. The quantitative estimate of drug-likeness (QED) is 0.811. The Balaban J connectivity index is 1.65. The van der Waals surface area contributed by atoms with Crippen molar-refractivity contribution in [2.45, 2.75) is 18.8 Å². The lowest BCUT2D eigenvalue weighted by atomic mass is 9.89. The molecule has 2 saturated heterocycles. The highest BCUT2D eigenvalue weighted by molar-refractivity contribution is 5.48. The van der Waals surface area contributed by atoms with E-state index in [1.807, 2.05) is 0 Å². The van der Waals surface area contributed by atoms with Crippen molar-refractivity contribution < 1.29 is 4.74 Å². The van der Waals surface area contributed by atoms with Crippen molar-refractivity contribution in [1.29, 1.82) is 0 Å². The molecule has 0 spiro atoms. The Morgan fingerprint density at radius 3 is 2.21 bits per heavy atom. The zero-order valence-corrected chi connectivity index (χ0v) is 11.8. The zero-order chi connectivity index (χ0) is 13.1. The smallest absolute Gasteiger partial charge is 0.0642 e. The topological polar surface area (TPSA) is 15.7 Å². The molecular formula is C16H24N2O. The summed E-state index contributed by atoms with van der Waals surface area (Å²) in [6.07, 6.45) is 2.60. The molecule has 0 aliphatic carbocycles. The van der Waals surface area contributed by atoms with Crippen LogP contribution in [-0.4, -0.2) is 51.3 Å². The average Bonchev–Trinajstić information content (AvgIpc) is 2.49. The van der Waals surface area contributed by atoms with Crippen LogP contribution in [-0.2, 0) is 4.74 Å². The number of rotatable bonds is 2. The van der Waals surface area contributed by atoms with Gasteiger partial charge in [-0.2, -0.15) is 0 Å². The lowest BCUT2D eigenvalue weighted by Gasteiger charge is -2.31. The maximum absolute atomic E-state index is 5.40. The molecule has 2 fully saturated rings. The van der Waals surface area contributed by atoms with Crippen LogP contribution in [0, 0.1) is 0 Å². The van der Waals surface area contributed by atoms with Crippen molar-refractivity contribution in [2.24, 2.45) is 0 Å². The minimum absolute atomic E-state index is 0.759.